The number of hydrogen-bond donors (Lipinski definition) is 2. The van der Waals surface area contributed by atoms with Crippen LogP contribution in [0.15, 0.2) is 54.7 Å². The van der Waals surface area contributed by atoms with Crippen molar-refractivity contribution in [1.82, 2.24) is 20.7 Å². The summed E-state index contributed by atoms with van der Waals surface area (Å²) in [7, 11) is 1.85. The van der Waals surface area contributed by atoms with Gasteiger partial charge in [-0.05, 0) is 24.1 Å². The van der Waals surface area contributed by atoms with E-state index >= 15 is 0 Å². The first kappa shape index (κ1) is 15.6. The minimum atomic E-state index is -0.186. The van der Waals surface area contributed by atoms with Crippen molar-refractivity contribution < 1.29 is 4.79 Å². The maximum absolute atomic E-state index is 12.5. The highest BCUT2D eigenvalue weighted by atomic mass is 16.2. The Balaban J connectivity index is 1.52. The Hall–Kier alpha value is -2.24. The van der Waals surface area contributed by atoms with E-state index in [0.29, 0.717) is 6.54 Å². The van der Waals surface area contributed by atoms with E-state index in [-0.39, 0.29) is 18.0 Å². The fraction of sp³-hybridized carbons (Fsp3) is 0.333. The molecule has 2 N–H and O–H groups in total. The first-order valence-electron chi connectivity index (χ1n) is 7.95. The number of benzene rings is 1. The number of likely N-dealkylation sites (N-methyl/N-ethyl adjacent to an activating group) is 1. The first-order chi connectivity index (χ1) is 11.2. The summed E-state index contributed by atoms with van der Waals surface area (Å²) in [6.45, 7) is 0.671. The van der Waals surface area contributed by atoms with Gasteiger partial charge in [-0.1, -0.05) is 36.4 Å². The molecular weight excluding hydrogens is 288 g/mol. The molecule has 1 aromatic carbocycles. The van der Waals surface area contributed by atoms with E-state index in [1.165, 1.54) is 5.56 Å². The van der Waals surface area contributed by atoms with Crippen LogP contribution >= 0.6 is 0 Å². The Bertz CT molecular complexity index is 632. The van der Waals surface area contributed by atoms with Crippen LogP contribution in [0.2, 0.25) is 0 Å². The summed E-state index contributed by atoms with van der Waals surface area (Å²) in [5.41, 5.74) is 8.56. The van der Waals surface area contributed by atoms with Crippen LogP contribution in [-0.4, -0.2) is 35.4 Å². The van der Waals surface area contributed by atoms with Gasteiger partial charge in [-0.25, -0.2) is 10.9 Å². The highest BCUT2D eigenvalue weighted by molar-refractivity contribution is 5.82. The summed E-state index contributed by atoms with van der Waals surface area (Å²) in [4.78, 5) is 18.6. The summed E-state index contributed by atoms with van der Waals surface area (Å²) < 4.78 is 0. The zero-order valence-corrected chi connectivity index (χ0v) is 13.3. The maximum atomic E-state index is 12.5. The number of hydrazine groups is 1. The van der Waals surface area contributed by atoms with Gasteiger partial charge in [0.05, 0.1) is 0 Å². The highest BCUT2D eigenvalue weighted by Gasteiger charge is 2.31. The van der Waals surface area contributed by atoms with E-state index < -0.39 is 0 Å². The molecule has 120 valence electrons. The van der Waals surface area contributed by atoms with Gasteiger partial charge in [0.1, 0.15) is 6.04 Å². The number of carbonyl (C=O) groups is 1. The molecule has 0 radical (unpaired) electrons. The molecule has 2 heterocycles. The van der Waals surface area contributed by atoms with Crippen molar-refractivity contribution in [3.8, 4) is 0 Å². The van der Waals surface area contributed by atoms with Crippen molar-refractivity contribution in [2.75, 3.05) is 13.6 Å². The number of nitrogens with one attached hydrogen (secondary N) is 2. The van der Waals surface area contributed by atoms with Crippen LogP contribution in [0.1, 0.15) is 23.7 Å². The summed E-state index contributed by atoms with van der Waals surface area (Å²) >= 11 is 0. The van der Waals surface area contributed by atoms with Crippen molar-refractivity contribution in [2.24, 2.45) is 0 Å². The largest absolute Gasteiger partial charge is 0.344 e. The number of pyridine rings is 1. The molecular formula is C18H22N4O. The number of aromatic nitrogens is 1. The van der Waals surface area contributed by atoms with Gasteiger partial charge in [-0.3, -0.25) is 9.78 Å². The van der Waals surface area contributed by atoms with Crippen molar-refractivity contribution in [3.05, 3.63) is 66.0 Å². The lowest BCUT2D eigenvalue weighted by Gasteiger charge is -2.20. The molecule has 2 unspecified atom stereocenters. The highest BCUT2D eigenvalue weighted by Crippen LogP contribution is 2.22. The Morgan fingerprint density at radius 2 is 1.96 bits per heavy atom. The molecule has 0 bridgehead atoms. The Morgan fingerprint density at radius 1 is 1.17 bits per heavy atom. The average molecular weight is 310 g/mol. The molecule has 1 amide bonds. The zero-order chi connectivity index (χ0) is 16.1. The predicted octanol–water partition coefficient (Wildman–Crippen LogP) is 1.69. The van der Waals surface area contributed by atoms with Crippen LogP contribution in [-0.2, 0) is 11.2 Å². The molecule has 1 aliphatic rings. The molecule has 0 spiro atoms. The van der Waals surface area contributed by atoms with E-state index in [2.05, 4.69) is 28.0 Å². The molecule has 1 aromatic heterocycles. The topological polar surface area (TPSA) is 57.3 Å². The standard InChI is InChI=1S/C18H22N4O/c1-22(12-10-15-9-5-6-11-19-15)18(23)17-13-16(20-21-17)14-7-3-2-4-8-14/h2-9,11,16-17,20-21H,10,12-13H2,1H3. The molecule has 23 heavy (non-hydrogen) atoms. The molecule has 3 rings (SSSR count). The van der Waals surface area contributed by atoms with Crippen LogP contribution in [0.5, 0.6) is 0 Å². The van der Waals surface area contributed by atoms with E-state index in [9.17, 15) is 4.79 Å². The number of rotatable bonds is 5. The molecule has 2 atom stereocenters. The average Bonchev–Trinajstić information content (AvgIpc) is 3.11. The van der Waals surface area contributed by atoms with Crippen molar-refractivity contribution in [2.45, 2.75) is 24.9 Å². The molecule has 0 aliphatic carbocycles. The lowest BCUT2D eigenvalue weighted by atomic mass is 10.0. The maximum Gasteiger partial charge on any atom is 0.240 e. The zero-order valence-electron chi connectivity index (χ0n) is 13.3. The van der Waals surface area contributed by atoms with Crippen molar-refractivity contribution >= 4 is 5.91 Å². The second-order valence-electron chi connectivity index (χ2n) is 5.87. The van der Waals surface area contributed by atoms with E-state index in [4.69, 9.17) is 0 Å². The van der Waals surface area contributed by atoms with Crippen LogP contribution < -0.4 is 10.9 Å². The fourth-order valence-corrected chi connectivity index (χ4v) is 2.83. The third-order valence-electron chi connectivity index (χ3n) is 4.21. The normalized spacial score (nSPS) is 20.4. The molecule has 1 fully saturated rings. The molecule has 5 heteroatoms. The van der Waals surface area contributed by atoms with Gasteiger partial charge < -0.3 is 4.90 Å². The minimum absolute atomic E-state index is 0.117. The number of nitrogens with zero attached hydrogens (tertiary/aromatic N) is 2. The van der Waals surface area contributed by atoms with Crippen LogP contribution in [0.25, 0.3) is 0 Å². The van der Waals surface area contributed by atoms with E-state index in [1.54, 1.807) is 11.1 Å². The van der Waals surface area contributed by atoms with E-state index in [0.717, 1.165) is 18.5 Å². The molecule has 1 saturated heterocycles. The Kier molecular flexibility index (Phi) is 5.00. The van der Waals surface area contributed by atoms with Crippen LogP contribution in [0, 0.1) is 0 Å². The van der Waals surface area contributed by atoms with Gasteiger partial charge in [0.2, 0.25) is 5.91 Å². The lowest BCUT2D eigenvalue weighted by molar-refractivity contribution is -0.131. The van der Waals surface area contributed by atoms with Crippen molar-refractivity contribution in [3.63, 3.8) is 0 Å². The fourth-order valence-electron chi connectivity index (χ4n) is 2.83. The molecule has 1 aliphatic heterocycles. The number of hydrogen-bond acceptors (Lipinski definition) is 4. The molecule has 5 nitrogen and oxygen atoms in total. The summed E-state index contributed by atoms with van der Waals surface area (Å²) in [5, 5.41) is 0. The van der Waals surface area contributed by atoms with Gasteiger partial charge in [0.15, 0.2) is 0 Å². The second kappa shape index (κ2) is 7.35. The third kappa shape index (κ3) is 3.94. The van der Waals surface area contributed by atoms with Gasteiger partial charge in [-0.2, -0.15) is 0 Å². The SMILES string of the molecule is CN(CCc1ccccn1)C(=O)C1CC(c2ccccc2)NN1. The minimum Gasteiger partial charge on any atom is -0.344 e. The van der Waals surface area contributed by atoms with Crippen LogP contribution in [0.3, 0.4) is 0 Å². The summed E-state index contributed by atoms with van der Waals surface area (Å²) in [6.07, 6.45) is 3.31. The number of amides is 1. The molecule has 2 aromatic rings. The third-order valence-corrected chi connectivity index (χ3v) is 4.21. The van der Waals surface area contributed by atoms with E-state index in [1.807, 2.05) is 43.4 Å². The van der Waals surface area contributed by atoms with Gasteiger partial charge in [0, 0.05) is 37.9 Å². The first-order valence-corrected chi connectivity index (χ1v) is 7.95. The monoisotopic (exact) mass is 310 g/mol. The Labute approximate surface area is 136 Å². The summed E-state index contributed by atoms with van der Waals surface area (Å²) in [5.74, 6) is 0.117. The second-order valence-corrected chi connectivity index (χ2v) is 5.87. The van der Waals surface area contributed by atoms with Crippen molar-refractivity contribution in [1.29, 1.82) is 0 Å². The number of carbonyl (C=O) groups excluding carboxylic acids is 1. The summed E-state index contributed by atoms with van der Waals surface area (Å²) in [6, 6.07) is 16.0. The quantitative estimate of drug-likeness (QED) is 0.882. The Morgan fingerprint density at radius 3 is 2.70 bits per heavy atom. The lowest BCUT2D eigenvalue weighted by Crippen LogP contribution is -2.44. The van der Waals surface area contributed by atoms with Crippen LogP contribution in [0.4, 0.5) is 0 Å². The van der Waals surface area contributed by atoms with Gasteiger partial charge in [-0.15, -0.1) is 0 Å². The van der Waals surface area contributed by atoms with Gasteiger partial charge >= 0.3 is 0 Å². The molecule has 0 saturated carbocycles. The predicted molar refractivity (Wildman–Crippen MR) is 89.4 cm³/mol. The smallest absolute Gasteiger partial charge is 0.240 e. The van der Waals surface area contributed by atoms with Gasteiger partial charge in [0.25, 0.3) is 0 Å².